The van der Waals surface area contributed by atoms with Gasteiger partial charge in [0.15, 0.2) is 0 Å². The number of nitro groups is 1. The van der Waals surface area contributed by atoms with E-state index in [-0.39, 0.29) is 11.9 Å². The van der Waals surface area contributed by atoms with Gasteiger partial charge in [-0.25, -0.2) is 0 Å². The van der Waals surface area contributed by atoms with E-state index in [0.717, 1.165) is 19.4 Å². The maximum Gasteiger partial charge on any atom is 0.406 e. The van der Waals surface area contributed by atoms with Crippen molar-refractivity contribution < 1.29 is 14.4 Å². The van der Waals surface area contributed by atoms with Gasteiger partial charge in [-0.1, -0.05) is 6.07 Å². The van der Waals surface area contributed by atoms with Gasteiger partial charge < -0.3 is 24.9 Å². The van der Waals surface area contributed by atoms with E-state index in [9.17, 15) is 10.1 Å². The molecule has 2 heterocycles. The van der Waals surface area contributed by atoms with E-state index in [4.69, 9.17) is 9.47 Å². The van der Waals surface area contributed by atoms with Gasteiger partial charge in [0.2, 0.25) is 12.1 Å². The molecule has 8 heteroatoms. The second-order valence-electron chi connectivity index (χ2n) is 5.38. The summed E-state index contributed by atoms with van der Waals surface area (Å²) in [5.74, 6) is 0.805. The normalized spacial score (nSPS) is 17.2. The molecule has 3 rings (SSSR count). The highest BCUT2D eigenvalue weighted by atomic mass is 16.6. The van der Waals surface area contributed by atoms with Gasteiger partial charge >= 0.3 is 5.82 Å². The van der Waals surface area contributed by atoms with E-state index in [2.05, 4.69) is 10.3 Å². The first-order valence-corrected chi connectivity index (χ1v) is 7.40. The Morgan fingerprint density at radius 3 is 3.17 bits per heavy atom. The fourth-order valence-electron chi connectivity index (χ4n) is 2.46. The maximum absolute atomic E-state index is 11.0. The highest BCUT2D eigenvalue weighted by molar-refractivity contribution is 5.64. The minimum absolute atomic E-state index is 0.143. The van der Waals surface area contributed by atoms with Crippen molar-refractivity contribution >= 4 is 17.3 Å². The molecule has 0 aliphatic carbocycles. The number of nitrogens with zero attached hydrogens (tertiary/aromatic N) is 3. The number of ether oxygens (including phenoxy) is 2. The Bertz CT molecular complexity index is 695. The van der Waals surface area contributed by atoms with Gasteiger partial charge in [0.25, 0.3) is 0 Å². The van der Waals surface area contributed by atoms with Gasteiger partial charge in [-0.05, 0) is 34.9 Å². The number of aromatic nitrogens is 2. The molecular formula is C15H18N4O4. The summed E-state index contributed by atoms with van der Waals surface area (Å²) in [5.41, 5.74) is 0.696. The van der Waals surface area contributed by atoms with Crippen LogP contribution in [-0.2, 0) is 11.8 Å². The molecular weight excluding hydrogens is 300 g/mol. The average Bonchev–Trinajstić information content (AvgIpc) is 3.16. The van der Waals surface area contributed by atoms with Crippen LogP contribution in [0.5, 0.6) is 5.75 Å². The molecule has 0 bridgehead atoms. The molecule has 0 saturated carbocycles. The van der Waals surface area contributed by atoms with Crippen LogP contribution < -0.4 is 10.1 Å². The van der Waals surface area contributed by atoms with E-state index in [1.807, 2.05) is 18.2 Å². The number of hydrogen-bond acceptors (Lipinski definition) is 6. The largest absolute Gasteiger partial charge is 0.491 e. The molecule has 1 aromatic carbocycles. The molecule has 1 aromatic heterocycles. The second kappa shape index (κ2) is 6.66. The summed E-state index contributed by atoms with van der Waals surface area (Å²) in [4.78, 5) is 14.3. The number of anilines is 2. The molecule has 1 atom stereocenters. The maximum atomic E-state index is 11.0. The zero-order valence-electron chi connectivity index (χ0n) is 12.8. The van der Waals surface area contributed by atoms with Gasteiger partial charge in [-0.15, -0.1) is 0 Å². The number of aryl methyl sites for hydroxylation is 1. The number of nitrogens with one attached hydrogen (secondary N) is 1. The van der Waals surface area contributed by atoms with Crippen molar-refractivity contribution in [1.29, 1.82) is 0 Å². The lowest BCUT2D eigenvalue weighted by molar-refractivity contribution is -0.388. The van der Waals surface area contributed by atoms with Gasteiger partial charge in [0.1, 0.15) is 12.4 Å². The van der Waals surface area contributed by atoms with Crippen molar-refractivity contribution in [2.24, 2.45) is 7.05 Å². The third kappa shape index (κ3) is 3.59. The van der Waals surface area contributed by atoms with Crippen LogP contribution in [0.2, 0.25) is 0 Å². The third-order valence-electron chi connectivity index (χ3n) is 3.65. The Morgan fingerprint density at radius 2 is 2.43 bits per heavy atom. The summed E-state index contributed by atoms with van der Waals surface area (Å²) in [6, 6.07) is 7.29. The lowest BCUT2D eigenvalue weighted by Gasteiger charge is -2.13. The average molecular weight is 318 g/mol. The van der Waals surface area contributed by atoms with Crippen LogP contribution in [0.15, 0.2) is 30.6 Å². The van der Waals surface area contributed by atoms with Gasteiger partial charge in [-0.2, -0.15) is 0 Å². The predicted octanol–water partition coefficient (Wildman–Crippen LogP) is 2.63. The van der Waals surface area contributed by atoms with Crippen molar-refractivity contribution in [2.45, 2.75) is 18.9 Å². The van der Waals surface area contributed by atoms with Gasteiger partial charge in [0, 0.05) is 25.4 Å². The summed E-state index contributed by atoms with van der Waals surface area (Å²) in [6.07, 6.45) is 3.63. The van der Waals surface area contributed by atoms with Crippen LogP contribution in [0.3, 0.4) is 0 Å². The fourth-order valence-corrected chi connectivity index (χ4v) is 2.46. The Labute approximate surface area is 133 Å². The van der Waals surface area contributed by atoms with Crippen molar-refractivity contribution in [3.8, 4) is 5.75 Å². The molecule has 2 aromatic rings. The summed E-state index contributed by atoms with van der Waals surface area (Å²) in [6.45, 7) is 1.30. The fraction of sp³-hybridized carbons (Fsp3) is 0.400. The van der Waals surface area contributed by atoms with Crippen molar-refractivity contribution in [3.63, 3.8) is 0 Å². The molecule has 122 valence electrons. The minimum Gasteiger partial charge on any atom is -0.491 e. The standard InChI is InChI=1S/C15H18N4O4/c1-18-10-16-14(19(20)21)15(18)17-11-4-2-5-12(8-11)23-9-13-6-3-7-22-13/h2,4-5,8,10,13,17H,3,6-7,9H2,1H3/t13-/m0/s1. The molecule has 0 radical (unpaired) electrons. The molecule has 0 spiro atoms. The second-order valence-corrected chi connectivity index (χ2v) is 5.38. The predicted molar refractivity (Wildman–Crippen MR) is 84.1 cm³/mol. The lowest BCUT2D eigenvalue weighted by atomic mass is 10.2. The molecule has 1 fully saturated rings. The van der Waals surface area contributed by atoms with E-state index >= 15 is 0 Å². The van der Waals surface area contributed by atoms with Gasteiger partial charge in [0.05, 0.1) is 6.10 Å². The first-order chi connectivity index (χ1) is 11.1. The molecule has 1 saturated heterocycles. The summed E-state index contributed by atoms with van der Waals surface area (Å²) >= 11 is 0. The highest BCUT2D eigenvalue weighted by Crippen LogP contribution is 2.27. The van der Waals surface area contributed by atoms with Crippen LogP contribution in [0.1, 0.15) is 12.8 Å². The Morgan fingerprint density at radius 1 is 1.57 bits per heavy atom. The first kappa shape index (κ1) is 15.3. The molecule has 1 aliphatic heterocycles. The molecule has 0 amide bonds. The molecule has 8 nitrogen and oxygen atoms in total. The van der Waals surface area contributed by atoms with Crippen LogP contribution in [0, 0.1) is 10.1 Å². The van der Waals surface area contributed by atoms with E-state index in [0.29, 0.717) is 23.9 Å². The zero-order chi connectivity index (χ0) is 16.2. The summed E-state index contributed by atoms with van der Waals surface area (Å²) in [7, 11) is 1.69. The summed E-state index contributed by atoms with van der Waals surface area (Å²) < 4.78 is 12.8. The topological polar surface area (TPSA) is 91.5 Å². The molecule has 1 N–H and O–H groups in total. The van der Waals surface area contributed by atoms with Crippen LogP contribution in [0.4, 0.5) is 17.3 Å². The number of rotatable bonds is 6. The number of benzene rings is 1. The smallest absolute Gasteiger partial charge is 0.406 e. The minimum atomic E-state index is -0.514. The lowest BCUT2D eigenvalue weighted by Crippen LogP contribution is -2.16. The van der Waals surface area contributed by atoms with Crippen molar-refractivity contribution in [1.82, 2.24) is 9.55 Å². The molecule has 23 heavy (non-hydrogen) atoms. The number of imidazole rings is 1. The molecule has 1 aliphatic rings. The summed E-state index contributed by atoms with van der Waals surface area (Å²) in [5, 5.41) is 14.0. The van der Waals surface area contributed by atoms with E-state index < -0.39 is 4.92 Å². The number of hydrogen-bond donors (Lipinski definition) is 1. The SMILES string of the molecule is Cn1cnc([N+](=O)[O-])c1Nc1cccc(OC[C@@H]2CCCO2)c1. The van der Waals surface area contributed by atoms with Crippen LogP contribution >= 0.6 is 0 Å². The Balaban J connectivity index is 1.70. The first-order valence-electron chi connectivity index (χ1n) is 7.40. The van der Waals surface area contributed by atoms with Crippen LogP contribution in [0.25, 0.3) is 0 Å². The zero-order valence-corrected chi connectivity index (χ0v) is 12.8. The van der Waals surface area contributed by atoms with Crippen LogP contribution in [-0.4, -0.2) is 33.8 Å². The Hall–Kier alpha value is -2.61. The quantitative estimate of drug-likeness (QED) is 0.650. The monoisotopic (exact) mass is 318 g/mol. The van der Waals surface area contributed by atoms with Gasteiger partial charge in [-0.3, -0.25) is 4.57 Å². The van der Waals surface area contributed by atoms with E-state index in [1.165, 1.54) is 6.33 Å². The molecule has 0 unspecified atom stereocenters. The Kier molecular flexibility index (Phi) is 4.42. The third-order valence-corrected chi connectivity index (χ3v) is 3.65. The van der Waals surface area contributed by atoms with Crippen molar-refractivity contribution in [3.05, 3.63) is 40.7 Å². The highest BCUT2D eigenvalue weighted by Gasteiger charge is 2.20. The van der Waals surface area contributed by atoms with E-state index in [1.54, 1.807) is 17.7 Å². The van der Waals surface area contributed by atoms with Crippen molar-refractivity contribution in [2.75, 3.05) is 18.5 Å².